The van der Waals surface area contributed by atoms with Crippen molar-refractivity contribution in [1.29, 1.82) is 0 Å². The summed E-state index contributed by atoms with van der Waals surface area (Å²) in [5.41, 5.74) is 2.19. The highest BCUT2D eigenvalue weighted by Gasteiger charge is 2.41. The summed E-state index contributed by atoms with van der Waals surface area (Å²) in [6.45, 7) is 0.441. The maximum Gasteiger partial charge on any atom is 0.217 e. The summed E-state index contributed by atoms with van der Waals surface area (Å²) in [7, 11) is -3.67. The molecule has 0 atom stereocenters. The van der Waals surface area contributed by atoms with E-state index in [-0.39, 0.29) is 18.2 Å². The molecule has 1 saturated heterocycles. The number of nitrogens with one attached hydrogen (secondary N) is 1. The summed E-state index contributed by atoms with van der Waals surface area (Å²) in [5, 5.41) is 0.597. The summed E-state index contributed by atoms with van der Waals surface area (Å²) in [5.74, 6) is -1.49. The molecule has 0 bridgehead atoms. The first-order chi connectivity index (χ1) is 15.2. The molecular weight excluding hydrogens is 477 g/mol. The molecule has 1 heterocycles. The maximum absolute atomic E-state index is 13.4. The summed E-state index contributed by atoms with van der Waals surface area (Å²) >= 11 is 12.1. The van der Waals surface area contributed by atoms with Crippen LogP contribution in [0.3, 0.4) is 0 Å². The zero-order valence-electron chi connectivity index (χ0n) is 16.8. The van der Waals surface area contributed by atoms with Gasteiger partial charge in [-0.1, -0.05) is 47.5 Å². The SMILES string of the molecule is O=S(=O)(NCc1cc(F)cc(F)c1)C1CN(C(c2ccc(Cl)cc2)c2ccc(Cl)cc2)C1. The molecule has 4 rings (SSSR count). The van der Waals surface area contributed by atoms with E-state index < -0.39 is 26.9 Å². The largest absolute Gasteiger partial charge is 0.290 e. The molecule has 1 fully saturated rings. The minimum Gasteiger partial charge on any atom is -0.290 e. The van der Waals surface area contributed by atoms with Gasteiger partial charge in [0.1, 0.15) is 16.9 Å². The van der Waals surface area contributed by atoms with Crippen molar-refractivity contribution in [3.8, 4) is 0 Å². The molecule has 0 radical (unpaired) electrons. The van der Waals surface area contributed by atoms with E-state index in [0.29, 0.717) is 23.1 Å². The van der Waals surface area contributed by atoms with Gasteiger partial charge in [0, 0.05) is 35.7 Å². The van der Waals surface area contributed by atoms with Gasteiger partial charge < -0.3 is 0 Å². The number of hydrogen-bond acceptors (Lipinski definition) is 3. The highest BCUT2D eigenvalue weighted by atomic mass is 35.5. The molecule has 168 valence electrons. The second-order valence-corrected chi connectivity index (χ2v) is 10.6. The summed E-state index contributed by atoms with van der Waals surface area (Å²) in [6.07, 6.45) is 0. The number of likely N-dealkylation sites (tertiary alicyclic amines) is 1. The topological polar surface area (TPSA) is 49.4 Å². The van der Waals surface area contributed by atoms with Crippen LogP contribution in [0.1, 0.15) is 22.7 Å². The minimum absolute atomic E-state index is 0.159. The van der Waals surface area contributed by atoms with E-state index in [9.17, 15) is 17.2 Å². The summed E-state index contributed by atoms with van der Waals surface area (Å²) in [4.78, 5) is 2.05. The zero-order valence-corrected chi connectivity index (χ0v) is 19.1. The van der Waals surface area contributed by atoms with Gasteiger partial charge in [0.05, 0.1) is 6.04 Å². The average Bonchev–Trinajstić information content (AvgIpc) is 2.70. The third-order valence-electron chi connectivity index (χ3n) is 5.45. The van der Waals surface area contributed by atoms with E-state index >= 15 is 0 Å². The standard InChI is InChI=1S/C23H20Cl2F2N2O2S/c24-18-5-1-16(2-6-18)23(17-3-7-19(25)8-4-17)29-13-22(14-29)32(30,31)28-12-15-9-20(26)11-21(27)10-15/h1-11,22-23,28H,12-14H2. The van der Waals surface area contributed by atoms with Gasteiger partial charge in [-0.05, 0) is 53.1 Å². The van der Waals surface area contributed by atoms with Crippen molar-refractivity contribution in [2.24, 2.45) is 0 Å². The Morgan fingerprint density at radius 1 is 0.875 bits per heavy atom. The molecule has 0 amide bonds. The maximum atomic E-state index is 13.4. The van der Waals surface area contributed by atoms with Gasteiger partial charge in [-0.25, -0.2) is 21.9 Å². The Hall–Kier alpha value is -2.03. The quantitative estimate of drug-likeness (QED) is 0.491. The summed E-state index contributed by atoms with van der Waals surface area (Å²) < 4.78 is 54.6. The van der Waals surface area contributed by atoms with Crippen LogP contribution in [0.2, 0.25) is 10.0 Å². The Morgan fingerprint density at radius 2 is 1.34 bits per heavy atom. The Kier molecular flexibility index (Phi) is 6.83. The fraction of sp³-hybridized carbons (Fsp3) is 0.217. The second-order valence-electron chi connectivity index (χ2n) is 7.73. The molecule has 9 heteroatoms. The van der Waals surface area contributed by atoms with E-state index in [1.807, 2.05) is 24.3 Å². The lowest BCUT2D eigenvalue weighted by Crippen LogP contribution is -2.58. The average molecular weight is 497 g/mol. The highest BCUT2D eigenvalue weighted by molar-refractivity contribution is 7.90. The number of halogens is 4. The minimum atomic E-state index is -3.67. The number of rotatable bonds is 7. The Labute approximate surface area is 195 Å². The van der Waals surface area contributed by atoms with Crippen molar-refractivity contribution >= 4 is 33.2 Å². The summed E-state index contributed by atoms with van der Waals surface area (Å²) in [6, 6.07) is 17.7. The predicted octanol–water partition coefficient (Wildman–Crippen LogP) is 5.16. The van der Waals surface area contributed by atoms with Crippen LogP contribution >= 0.6 is 23.2 Å². The van der Waals surface area contributed by atoms with Gasteiger partial charge in [0.2, 0.25) is 10.0 Å². The van der Waals surface area contributed by atoms with E-state index in [0.717, 1.165) is 29.3 Å². The number of sulfonamides is 1. The van der Waals surface area contributed by atoms with Crippen molar-refractivity contribution in [1.82, 2.24) is 9.62 Å². The number of benzene rings is 3. The van der Waals surface area contributed by atoms with Crippen molar-refractivity contribution in [3.05, 3.63) is 105 Å². The first-order valence-electron chi connectivity index (χ1n) is 9.90. The lowest BCUT2D eigenvalue weighted by Gasteiger charge is -2.44. The van der Waals surface area contributed by atoms with Gasteiger partial charge in [0.15, 0.2) is 0 Å². The number of nitrogens with zero attached hydrogens (tertiary/aromatic N) is 1. The lowest BCUT2D eigenvalue weighted by molar-refractivity contribution is 0.143. The van der Waals surface area contributed by atoms with Crippen LogP contribution in [0, 0.1) is 11.6 Å². The molecule has 1 aliphatic rings. The predicted molar refractivity (Wildman–Crippen MR) is 122 cm³/mol. The molecule has 3 aromatic carbocycles. The highest BCUT2D eigenvalue weighted by Crippen LogP contribution is 2.35. The monoisotopic (exact) mass is 496 g/mol. The van der Waals surface area contributed by atoms with E-state index in [2.05, 4.69) is 9.62 Å². The van der Waals surface area contributed by atoms with Gasteiger partial charge in [-0.2, -0.15) is 0 Å². The van der Waals surface area contributed by atoms with E-state index in [1.165, 1.54) is 0 Å². The van der Waals surface area contributed by atoms with E-state index in [1.54, 1.807) is 24.3 Å². The molecule has 0 aliphatic carbocycles. The van der Waals surface area contributed by atoms with Crippen LogP contribution in [-0.4, -0.2) is 31.7 Å². The van der Waals surface area contributed by atoms with Gasteiger partial charge >= 0.3 is 0 Å². The van der Waals surface area contributed by atoms with Crippen molar-refractivity contribution in [2.45, 2.75) is 17.8 Å². The van der Waals surface area contributed by atoms with Crippen LogP contribution < -0.4 is 4.72 Å². The first-order valence-corrected chi connectivity index (χ1v) is 12.2. The molecule has 0 aromatic heterocycles. The first kappa shape index (κ1) is 23.1. The van der Waals surface area contributed by atoms with Crippen LogP contribution in [-0.2, 0) is 16.6 Å². The lowest BCUT2D eigenvalue weighted by atomic mass is 9.94. The van der Waals surface area contributed by atoms with E-state index in [4.69, 9.17) is 23.2 Å². The van der Waals surface area contributed by atoms with Crippen LogP contribution in [0.15, 0.2) is 66.7 Å². The molecule has 0 spiro atoms. The molecule has 0 saturated carbocycles. The fourth-order valence-corrected chi connectivity index (χ4v) is 5.43. The zero-order chi connectivity index (χ0) is 22.9. The van der Waals surface area contributed by atoms with Crippen LogP contribution in [0.5, 0.6) is 0 Å². The van der Waals surface area contributed by atoms with Crippen LogP contribution in [0.4, 0.5) is 8.78 Å². The fourth-order valence-electron chi connectivity index (χ4n) is 3.80. The molecule has 3 aromatic rings. The third-order valence-corrected chi connectivity index (χ3v) is 7.68. The normalized spacial score (nSPS) is 15.2. The molecular formula is C23H20Cl2F2N2O2S. The Morgan fingerprint density at radius 3 is 1.81 bits per heavy atom. The molecule has 1 aliphatic heterocycles. The Bertz CT molecular complexity index is 1130. The molecule has 32 heavy (non-hydrogen) atoms. The third kappa shape index (κ3) is 5.30. The molecule has 0 unspecified atom stereocenters. The van der Waals surface area contributed by atoms with Gasteiger partial charge in [-0.15, -0.1) is 0 Å². The van der Waals surface area contributed by atoms with Crippen molar-refractivity contribution in [2.75, 3.05) is 13.1 Å². The van der Waals surface area contributed by atoms with Crippen molar-refractivity contribution < 1.29 is 17.2 Å². The van der Waals surface area contributed by atoms with Crippen molar-refractivity contribution in [3.63, 3.8) is 0 Å². The van der Waals surface area contributed by atoms with Crippen LogP contribution in [0.25, 0.3) is 0 Å². The molecule has 1 N–H and O–H groups in total. The second kappa shape index (κ2) is 9.45. The molecule has 4 nitrogen and oxygen atoms in total. The van der Waals surface area contributed by atoms with Gasteiger partial charge in [0.25, 0.3) is 0 Å². The number of hydrogen-bond donors (Lipinski definition) is 1. The Balaban J connectivity index is 1.47. The smallest absolute Gasteiger partial charge is 0.217 e. The van der Waals surface area contributed by atoms with Gasteiger partial charge in [-0.3, -0.25) is 4.90 Å².